The Kier molecular flexibility index (Phi) is 4.75. The molecule has 1 aromatic heterocycles. The summed E-state index contributed by atoms with van der Waals surface area (Å²) >= 11 is 5.43. The molecule has 5 rings (SSSR count). The van der Waals surface area contributed by atoms with Gasteiger partial charge in [0.2, 0.25) is 6.23 Å². The van der Waals surface area contributed by atoms with Crippen LogP contribution in [0.3, 0.4) is 0 Å². The van der Waals surface area contributed by atoms with Gasteiger partial charge < -0.3 is 4.74 Å². The Balaban J connectivity index is 1.57. The Morgan fingerprint density at radius 1 is 1.10 bits per heavy atom. The van der Waals surface area contributed by atoms with Crippen LogP contribution in [0.1, 0.15) is 64.9 Å². The molecular formula is C24H23BrN2OS. The molecule has 0 radical (unpaired) electrons. The molecular weight excluding hydrogens is 444 g/mol. The summed E-state index contributed by atoms with van der Waals surface area (Å²) < 4.78 is 7.55. The minimum absolute atomic E-state index is 0.184. The van der Waals surface area contributed by atoms with Gasteiger partial charge in [0.25, 0.3) is 0 Å². The quantitative estimate of drug-likeness (QED) is 0.408. The van der Waals surface area contributed by atoms with Crippen molar-refractivity contribution in [3.05, 3.63) is 85.5 Å². The Morgan fingerprint density at radius 3 is 2.59 bits per heavy atom. The summed E-state index contributed by atoms with van der Waals surface area (Å²) in [6.07, 6.45) is 0.682. The van der Waals surface area contributed by atoms with E-state index in [4.69, 9.17) is 9.84 Å². The number of hydrogen-bond donors (Lipinski definition) is 0. The maximum atomic E-state index is 6.48. The topological polar surface area (TPSA) is 24.8 Å². The third-order valence-corrected chi connectivity index (χ3v) is 7.21. The summed E-state index contributed by atoms with van der Waals surface area (Å²) in [5.41, 5.74) is 4.82. The number of nitrogens with zero attached hydrogens (tertiary/aromatic N) is 2. The highest BCUT2D eigenvalue weighted by atomic mass is 79.9. The molecule has 0 spiro atoms. The molecule has 5 heteroatoms. The second-order valence-corrected chi connectivity index (χ2v) is 10.2. The molecule has 2 atom stereocenters. The molecule has 0 saturated carbocycles. The lowest BCUT2D eigenvalue weighted by atomic mass is 9.97. The molecule has 148 valence electrons. The number of benzene rings is 2. The van der Waals surface area contributed by atoms with E-state index in [2.05, 4.69) is 90.2 Å². The average Bonchev–Trinajstić information content (AvgIpc) is 3.34. The van der Waals surface area contributed by atoms with Crippen LogP contribution >= 0.6 is 27.3 Å². The van der Waals surface area contributed by atoms with Crippen LogP contribution in [-0.4, -0.2) is 10.7 Å². The molecule has 2 aliphatic rings. The highest BCUT2D eigenvalue weighted by Crippen LogP contribution is 2.48. The van der Waals surface area contributed by atoms with Crippen molar-refractivity contribution in [2.75, 3.05) is 0 Å². The Labute approximate surface area is 184 Å². The van der Waals surface area contributed by atoms with Crippen molar-refractivity contribution in [3.63, 3.8) is 0 Å². The molecule has 0 bridgehead atoms. The Bertz CT molecular complexity index is 1090. The zero-order valence-corrected chi connectivity index (χ0v) is 19.1. The van der Waals surface area contributed by atoms with E-state index in [1.165, 1.54) is 20.9 Å². The molecule has 0 N–H and O–H groups in total. The predicted molar refractivity (Wildman–Crippen MR) is 123 cm³/mol. The zero-order valence-electron chi connectivity index (χ0n) is 16.7. The lowest BCUT2D eigenvalue weighted by Gasteiger charge is -2.38. The first-order valence-electron chi connectivity index (χ1n) is 9.98. The van der Waals surface area contributed by atoms with Gasteiger partial charge in [-0.25, -0.2) is 5.01 Å². The van der Waals surface area contributed by atoms with Gasteiger partial charge in [-0.15, -0.1) is 11.3 Å². The first-order chi connectivity index (χ1) is 14.0. The van der Waals surface area contributed by atoms with Crippen molar-refractivity contribution in [3.8, 4) is 5.75 Å². The lowest BCUT2D eigenvalue weighted by molar-refractivity contribution is -0.0190. The SMILES string of the molecule is Cc1ccc(C2=NN3[C@@H](c4ccc(C(C)C)cc4)Oc4ccc(Br)cc4[C@@H]3C2)s1. The second kappa shape index (κ2) is 7.29. The molecule has 3 nitrogen and oxygen atoms in total. The molecule has 2 aromatic carbocycles. The van der Waals surface area contributed by atoms with Gasteiger partial charge in [-0.2, -0.15) is 5.10 Å². The van der Waals surface area contributed by atoms with Gasteiger partial charge in [0, 0.05) is 26.9 Å². The van der Waals surface area contributed by atoms with Gasteiger partial charge in [0.1, 0.15) is 5.75 Å². The van der Waals surface area contributed by atoms with Gasteiger partial charge in [-0.1, -0.05) is 54.0 Å². The summed E-state index contributed by atoms with van der Waals surface area (Å²) in [5, 5.41) is 7.21. The first-order valence-corrected chi connectivity index (χ1v) is 11.6. The van der Waals surface area contributed by atoms with E-state index in [9.17, 15) is 0 Å². The molecule has 0 unspecified atom stereocenters. The number of thiophene rings is 1. The van der Waals surface area contributed by atoms with E-state index in [1.54, 1.807) is 0 Å². The van der Waals surface area contributed by atoms with E-state index < -0.39 is 0 Å². The van der Waals surface area contributed by atoms with Crippen molar-refractivity contribution in [1.29, 1.82) is 0 Å². The van der Waals surface area contributed by atoms with Crippen molar-refractivity contribution >= 4 is 33.0 Å². The molecule has 0 amide bonds. The zero-order chi connectivity index (χ0) is 20.1. The molecule has 29 heavy (non-hydrogen) atoms. The molecule has 3 aromatic rings. The molecule has 3 heterocycles. The number of ether oxygens (including phenoxy) is 1. The average molecular weight is 467 g/mol. The fraction of sp³-hybridized carbons (Fsp3) is 0.292. The second-order valence-electron chi connectivity index (χ2n) is 8.03. The molecule has 2 aliphatic heterocycles. The lowest BCUT2D eigenvalue weighted by Crippen LogP contribution is -2.33. The fourth-order valence-electron chi connectivity index (χ4n) is 4.06. The van der Waals surface area contributed by atoms with E-state index >= 15 is 0 Å². The van der Waals surface area contributed by atoms with Gasteiger partial charge in [0.05, 0.1) is 16.6 Å². The van der Waals surface area contributed by atoms with Crippen LogP contribution in [0.5, 0.6) is 5.75 Å². The number of hydrogen-bond acceptors (Lipinski definition) is 4. The van der Waals surface area contributed by atoms with Gasteiger partial charge in [-0.3, -0.25) is 0 Å². The number of hydrazone groups is 1. The van der Waals surface area contributed by atoms with Crippen LogP contribution in [0, 0.1) is 6.92 Å². The minimum Gasteiger partial charge on any atom is -0.464 e. The van der Waals surface area contributed by atoms with Gasteiger partial charge >= 0.3 is 0 Å². The maximum absolute atomic E-state index is 6.48. The van der Waals surface area contributed by atoms with Crippen LogP contribution in [0.4, 0.5) is 0 Å². The number of aryl methyl sites for hydroxylation is 1. The smallest absolute Gasteiger partial charge is 0.213 e. The van der Waals surface area contributed by atoms with E-state index in [1.807, 2.05) is 17.4 Å². The van der Waals surface area contributed by atoms with E-state index in [0.29, 0.717) is 5.92 Å². The minimum atomic E-state index is -0.214. The van der Waals surface area contributed by atoms with Gasteiger partial charge in [0.15, 0.2) is 0 Å². The molecule has 0 aliphatic carbocycles. The third kappa shape index (κ3) is 3.40. The van der Waals surface area contributed by atoms with E-state index in [0.717, 1.165) is 27.9 Å². The maximum Gasteiger partial charge on any atom is 0.213 e. The Morgan fingerprint density at radius 2 is 1.90 bits per heavy atom. The molecule has 0 fully saturated rings. The Hall–Kier alpha value is -2.11. The normalized spacial score (nSPS) is 20.3. The van der Waals surface area contributed by atoms with Crippen LogP contribution in [-0.2, 0) is 0 Å². The van der Waals surface area contributed by atoms with Crippen LogP contribution in [0.2, 0.25) is 0 Å². The fourth-order valence-corrected chi connectivity index (χ4v) is 5.30. The van der Waals surface area contributed by atoms with Crippen molar-refractivity contribution < 1.29 is 4.74 Å². The van der Waals surface area contributed by atoms with Crippen molar-refractivity contribution in [1.82, 2.24) is 5.01 Å². The van der Waals surface area contributed by atoms with Crippen molar-refractivity contribution in [2.24, 2.45) is 5.10 Å². The summed E-state index contributed by atoms with van der Waals surface area (Å²) in [5.74, 6) is 1.46. The summed E-state index contributed by atoms with van der Waals surface area (Å²) in [6.45, 7) is 6.58. The highest BCUT2D eigenvalue weighted by molar-refractivity contribution is 9.10. The summed E-state index contributed by atoms with van der Waals surface area (Å²) in [4.78, 5) is 2.56. The third-order valence-electron chi connectivity index (χ3n) is 5.66. The summed E-state index contributed by atoms with van der Waals surface area (Å²) in [6, 6.07) is 19.6. The number of rotatable bonds is 3. The molecule has 0 saturated heterocycles. The number of halogens is 1. The van der Waals surface area contributed by atoms with Crippen LogP contribution < -0.4 is 4.74 Å². The largest absolute Gasteiger partial charge is 0.464 e. The van der Waals surface area contributed by atoms with Crippen molar-refractivity contribution in [2.45, 2.75) is 45.4 Å². The standard InChI is InChI=1S/C24H23BrN2OS/c1-14(2)16-5-7-17(8-6-16)24-27-21(19-12-18(25)9-10-22(19)28-24)13-20(26-27)23-11-4-15(3)29-23/h4-12,14,21,24H,13H2,1-3H3/t21-,24+/m0/s1. The predicted octanol–water partition coefficient (Wildman–Crippen LogP) is 7.18. The monoisotopic (exact) mass is 466 g/mol. The first kappa shape index (κ1) is 18.9. The van der Waals surface area contributed by atoms with Crippen LogP contribution in [0.15, 0.2) is 64.2 Å². The highest BCUT2D eigenvalue weighted by Gasteiger charge is 2.41. The number of fused-ring (bicyclic) bond motifs is 3. The van der Waals surface area contributed by atoms with Crippen LogP contribution in [0.25, 0.3) is 0 Å². The van der Waals surface area contributed by atoms with Gasteiger partial charge in [-0.05, 0) is 48.7 Å². The summed E-state index contributed by atoms with van der Waals surface area (Å²) in [7, 11) is 0. The van der Waals surface area contributed by atoms with E-state index in [-0.39, 0.29) is 12.3 Å².